The van der Waals surface area contributed by atoms with Gasteiger partial charge in [0.05, 0.1) is 0 Å². The predicted octanol–water partition coefficient (Wildman–Crippen LogP) is 3.94. The molecule has 2 aromatic rings. The minimum atomic E-state index is -0.481. The summed E-state index contributed by atoms with van der Waals surface area (Å²) in [4.78, 5) is 29.1. The Kier molecular flexibility index (Phi) is 4.95. The van der Waals surface area contributed by atoms with Crippen LogP contribution in [0.2, 0.25) is 0 Å². The lowest BCUT2D eigenvalue weighted by Crippen LogP contribution is -2.57. The van der Waals surface area contributed by atoms with Crippen molar-refractivity contribution in [2.75, 3.05) is 18.0 Å². The van der Waals surface area contributed by atoms with Gasteiger partial charge in [-0.2, -0.15) is 0 Å². The van der Waals surface area contributed by atoms with Crippen molar-refractivity contribution >= 4 is 33.4 Å². The summed E-state index contributed by atoms with van der Waals surface area (Å²) in [5.41, 5.74) is 3.78. The average molecular weight is 401 g/mol. The van der Waals surface area contributed by atoms with Gasteiger partial charge in [0.15, 0.2) is 0 Å². The smallest absolute Gasteiger partial charge is 0.254 e. The van der Waals surface area contributed by atoms with E-state index < -0.39 is 6.04 Å². The largest absolute Gasteiger partial charge is 0.325 e. The van der Waals surface area contributed by atoms with Gasteiger partial charge in [-0.1, -0.05) is 33.6 Å². The Morgan fingerprint density at radius 2 is 1.76 bits per heavy atom. The first-order valence-corrected chi connectivity index (χ1v) is 9.13. The molecule has 2 amide bonds. The van der Waals surface area contributed by atoms with Crippen molar-refractivity contribution in [3.63, 3.8) is 0 Å². The third-order valence-corrected chi connectivity index (χ3v) is 5.18. The summed E-state index contributed by atoms with van der Waals surface area (Å²) >= 11 is 3.37. The molecule has 1 heterocycles. The molecular weight excluding hydrogens is 380 g/mol. The highest BCUT2D eigenvalue weighted by molar-refractivity contribution is 9.10. The van der Waals surface area contributed by atoms with Crippen LogP contribution in [-0.2, 0) is 4.79 Å². The number of hydrogen-bond acceptors (Lipinski definition) is 2. The van der Waals surface area contributed by atoms with Crippen molar-refractivity contribution in [1.29, 1.82) is 0 Å². The molecule has 3 rings (SSSR count). The summed E-state index contributed by atoms with van der Waals surface area (Å²) in [6.07, 6.45) is 0. The van der Waals surface area contributed by atoms with Crippen molar-refractivity contribution in [2.24, 2.45) is 0 Å². The maximum Gasteiger partial charge on any atom is 0.254 e. The molecule has 0 radical (unpaired) electrons. The number of hydrogen-bond donors (Lipinski definition) is 0. The van der Waals surface area contributed by atoms with Crippen LogP contribution in [0.25, 0.3) is 0 Å². The molecule has 5 heteroatoms. The maximum absolute atomic E-state index is 12.9. The lowest BCUT2D eigenvalue weighted by Gasteiger charge is -2.39. The number of carbonyl (C=O) groups is 2. The molecule has 130 valence electrons. The standard InChI is InChI=1S/C20H21BrN2O2/c1-13-4-9-18(14(2)12-13)23-11-10-22(15(3)19(23)24)20(25)16-5-7-17(21)8-6-16/h4-9,12,15H,10-11H2,1-3H3/t15-/m0/s1. The van der Waals surface area contributed by atoms with Crippen molar-refractivity contribution in [3.05, 3.63) is 63.6 Å². The summed E-state index contributed by atoms with van der Waals surface area (Å²) in [7, 11) is 0. The van der Waals surface area contributed by atoms with Gasteiger partial charge in [-0.05, 0) is 56.7 Å². The highest BCUT2D eigenvalue weighted by Crippen LogP contribution is 2.26. The van der Waals surface area contributed by atoms with Gasteiger partial charge in [-0.15, -0.1) is 0 Å². The molecule has 0 aromatic heterocycles. The first kappa shape index (κ1) is 17.7. The first-order chi connectivity index (χ1) is 11.9. The van der Waals surface area contributed by atoms with E-state index in [2.05, 4.69) is 22.0 Å². The van der Waals surface area contributed by atoms with E-state index in [-0.39, 0.29) is 11.8 Å². The normalized spacial score (nSPS) is 17.8. The molecular formula is C20H21BrN2O2. The number of rotatable bonds is 2. The summed E-state index contributed by atoms with van der Waals surface area (Å²) in [5.74, 6) is -0.141. The molecule has 0 saturated carbocycles. The van der Waals surface area contributed by atoms with Gasteiger partial charge in [0, 0.05) is 28.8 Å². The monoisotopic (exact) mass is 400 g/mol. The van der Waals surface area contributed by atoms with Crippen LogP contribution in [0, 0.1) is 13.8 Å². The van der Waals surface area contributed by atoms with Crippen molar-refractivity contribution in [3.8, 4) is 0 Å². The summed E-state index contributed by atoms with van der Waals surface area (Å²) in [6.45, 7) is 6.88. The zero-order valence-electron chi connectivity index (χ0n) is 14.6. The molecule has 1 fully saturated rings. The van der Waals surface area contributed by atoms with Crippen molar-refractivity contribution in [2.45, 2.75) is 26.8 Å². The molecule has 2 aromatic carbocycles. The minimum absolute atomic E-state index is 0.0383. The Balaban J connectivity index is 1.81. The number of aryl methyl sites for hydroxylation is 2. The first-order valence-electron chi connectivity index (χ1n) is 8.33. The van der Waals surface area contributed by atoms with Crippen LogP contribution in [0.1, 0.15) is 28.4 Å². The quantitative estimate of drug-likeness (QED) is 0.765. The second kappa shape index (κ2) is 7.00. The van der Waals surface area contributed by atoms with Crippen LogP contribution in [0.4, 0.5) is 5.69 Å². The van der Waals surface area contributed by atoms with Crippen LogP contribution in [-0.4, -0.2) is 35.8 Å². The number of carbonyl (C=O) groups excluding carboxylic acids is 2. The summed E-state index contributed by atoms with van der Waals surface area (Å²) < 4.78 is 0.924. The van der Waals surface area contributed by atoms with Gasteiger partial charge >= 0.3 is 0 Å². The third-order valence-electron chi connectivity index (χ3n) is 4.65. The Labute approximate surface area is 156 Å². The Morgan fingerprint density at radius 3 is 2.40 bits per heavy atom. The maximum atomic E-state index is 12.9. The molecule has 0 spiro atoms. The van der Waals surface area contributed by atoms with Gasteiger partial charge in [0.1, 0.15) is 6.04 Å². The second-order valence-electron chi connectivity index (χ2n) is 6.46. The fraction of sp³-hybridized carbons (Fsp3) is 0.300. The molecule has 1 aliphatic heterocycles. The van der Waals surface area contributed by atoms with E-state index in [4.69, 9.17) is 0 Å². The lowest BCUT2D eigenvalue weighted by molar-refractivity contribution is -0.124. The summed E-state index contributed by atoms with van der Waals surface area (Å²) in [5, 5.41) is 0. The highest BCUT2D eigenvalue weighted by atomic mass is 79.9. The number of benzene rings is 2. The number of nitrogens with zero attached hydrogens (tertiary/aromatic N) is 2. The van der Waals surface area contributed by atoms with Gasteiger partial charge < -0.3 is 9.80 Å². The topological polar surface area (TPSA) is 40.6 Å². The van der Waals surface area contributed by atoms with Crippen LogP contribution >= 0.6 is 15.9 Å². The molecule has 1 saturated heterocycles. The molecule has 0 bridgehead atoms. The van der Waals surface area contributed by atoms with E-state index in [0.717, 1.165) is 15.7 Å². The zero-order valence-corrected chi connectivity index (χ0v) is 16.2. The van der Waals surface area contributed by atoms with E-state index in [1.165, 1.54) is 5.56 Å². The number of anilines is 1. The van der Waals surface area contributed by atoms with E-state index in [1.54, 1.807) is 28.9 Å². The van der Waals surface area contributed by atoms with E-state index >= 15 is 0 Å². The van der Waals surface area contributed by atoms with Crippen LogP contribution in [0.3, 0.4) is 0 Å². The van der Waals surface area contributed by atoms with E-state index in [1.807, 2.05) is 38.1 Å². The second-order valence-corrected chi connectivity index (χ2v) is 7.38. The van der Waals surface area contributed by atoms with Gasteiger partial charge in [0.25, 0.3) is 5.91 Å². The van der Waals surface area contributed by atoms with Gasteiger partial charge in [0.2, 0.25) is 5.91 Å². The minimum Gasteiger partial charge on any atom is -0.325 e. The average Bonchev–Trinajstić information content (AvgIpc) is 2.58. The molecule has 25 heavy (non-hydrogen) atoms. The Morgan fingerprint density at radius 1 is 1.08 bits per heavy atom. The molecule has 1 atom stereocenters. The van der Waals surface area contributed by atoms with Crippen LogP contribution in [0.5, 0.6) is 0 Å². The SMILES string of the molecule is Cc1ccc(N2CCN(C(=O)c3ccc(Br)cc3)[C@@H](C)C2=O)c(C)c1. The predicted molar refractivity (Wildman–Crippen MR) is 103 cm³/mol. The molecule has 0 unspecified atom stereocenters. The number of piperazine rings is 1. The van der Waals surface area contributed by atoms with E-state index in [9.17, 15) is 9.59 Å². The van der Waals surface area contributed by atoms with Gasteiger partial charge in [-0.3, -0.25) is 9.59 Å². The van der Waals surface area contributed by atoms with E-state index in [0.29, 0.717) is 18.7 Å². The van der Waals surface area contributed by atoms with Crippen LogP contribution < -0.4 is 4.90 Å². The third kappa shape index (κ3) is 3.47. The van der Waals surface area contributed by atoms with Crippen molar-refractivity contribution in [1.82, 2.24) is 4.90 Å². The van der Waals surface area contributed by atoms with Crippen molar-refractivity contribution < 1.29 is 9.59 Å². The van der Waals surface area contributed by atoms with Gasteiger partial charge in [-0.25, -0.2) is 0 Å². The molecule has 4 nitrogen and oxygen atoms in total. The number of amides is 2. The Bertz CT molecular complexity index is 817. The fourth-order valence-electron chi connectivity index (χ4n) is 3.25. The fourth-order valence-corrected chi connectivity index (χ4v) is 3.52. The summed E-state index contributed by atoms with van der Waals surface area (Å²) in [6, 6.07) is 12.8. The lowest BCUT2D eigenvalue weighted by atomic mass is 10.1. The molecule has 1 aliphatic rings. The molecule has 0 aliphatic carbocycles. The Hall–Kier alpha value is -2.14. The highest BCUT2D eigenvalue weighted by Gasteiger charge is 2.35. The molecule has 0 N–H and O–H groups in total. The number of halogens is 1. The zero-order chi connectivity index (χ0) is 18.1. The van der Waals surface area contributed by atoms with Crippen LogP contribution in [0.15, 0.2) is 46.9 Å².